The fraction of sp³-hybridized carbons (Fsp3) is 0.682. The fourth-order valence-corrected chi connectivity index (χ4v) is 4.23. The monoisotopic (exact) mass is 420 g/mol. The summed E-state index contributed by atoms with van der Waals surface area (Å²) in [5, 5.41) is 5.96. The number of amides is 2. The van der Waals surface area contributed by atoms with Gasteiger partial charge in [-0.25, -0.2) is 4.79 Å². The van der Waals surface area contributed by atoms with Gasteiger partial charge in [-0.2, -0.15) is 0 Å². The van der Waals surface area contributed by atoms with E-state index in [0.29, 0.717) is 13.2 Å². The summed E-state index contributed by atoms with van der Waals surface area (Å²) >= 11 is 0. The fourth-order valence-electron chi connectivity index (χ4n) is 4.23. The smallest absolute Gasteiger partial charge is 0.315 e. The third kappa shape index (κ3) is 4.95. The van der Waals surface area contributed by atoms with E-state index in [2.05, 4.69) is 22.8 Å². The molecule has 0 spiro atoms. The highest BCUT2D eigenvalue weighted by Crippen LogP contribution is 2.40. The summed E-state index contributed by atoms with van der Waals surface area (Å²) in [6.45, 7) is 8.36. The summed E-state index contributed by atoms with van der Waals surface area (Å²) in [5.74, 6) is -1.45. The van der Waals surface area contributed by atoms with Crippen LogP contribution < -0.4 is 10.6 Å². The van der Waals surface area contributed by atoms with Gasteiger partial charge in [0.1, 0.15) is 18.3 Å². The lowest BCUT2D eigenvalue weighted by atomic mass is 10.0. The molecule has 0 aromatic heterocycles. The Morgan fingerprint density at radius 1 is 1.03 bits per heavy atom. The molecule has 0 radical (unpaired) electrons. The van der Waals surface area contributed by atoms with Crippen LogP contribution in [0.3, 0.4) is 0 Å². The Morgan fingerprint density at radius 3 is 2.50 bits per heavy atom. The SMILES string of the molecule is CC1(C)O[C@H]2O[C@H]([C@H]3COC(C)(C)O3)[C@H](NC(=O)NCCCc3ccccc3)[C@H]2O1. The van der Waals surface area contributed by atoms with Crippen molar-refractivity contribution in [1.29, 1.82) is 0 Å². The second kappa shape index (κ2) is 8.43. The number of hydrogen-bond acceptors (Lipinski definition) is 6. The van der Waals surface area contributed by atoms with Gasteiger partial charge < -0.3 is 34.3 Å². The number of fused-ring (bicyclic) bond motifs is 1. The first kappa shape index (κ1) is 21.5. The molecule has 1 aromatic carbocycles. The van der Waals surface area contributed by atoms with Crippen LogP contribution in [0.15, 0.2) is 30.3 Å². The average Bonchev–Trinajstić information content (AvgIpc) is 3.29. The van der Waals surface area contributed by atoms with E-state index in [0.717, 1.165) is 12.8 Å². The van der Waals surface area contributed by atoms with Gasteiger partial charge in [-0.3, -0.25) is 0 Å². The van der Waals surface area contributed by atoms with E-state index >= 15 is 0 Å². The van der Waals surface area contributed by atoms with Gasteiger partial charge >= 0.3 is 6.03 Å². The summed E-state index contributed by atoms with van der Waals surface area (Å²) in [7, 11) is 0. The number of rotatable bonds is 6. The van der Waals surface area contributed by atoms with Gasteiger partial charge in [0.15, 0.2) is 17.9 Å². The van der Waals surface area contributed by atoms with Crippen LogP contribution >= 0.6 is 0 Å². The van der Waals surface area contributed by atoms with Crippen molar-refractivity contribution in [1.82, 2.24) is 10.6 Å². The first-order valence-electron chi connectivity index (χ1n) is 10.6. The van der Waals surface area contributed by atoms with Crippen molar-refractivity contribution in [2.24, 2.45) is 0 Å². The number of ether oxygens (including phenoxy) is 5. The number of aryl methyl sites for hydroxylation is 1. The zero-order valence-corrected chi connectivity index (χ0v) is 18.1. The number of carbonyl (C=O) groups excluding carboxylic acids is 1. The van der Waals surface area contributed by atoms with Crippen molar-refractivity contribution in [3.8, 4) is 0 Å². The Hall–Kier alpha value is -1.71. The summed E-state index contributed by atoms with van der Waals surface area (Å²) in [5.41, 5.74) is 1.26. The normalized spacial score (nSPS) is 33.9. The van der Waals surface area contributed by atoms with Gasteiger partial charge in [0.05, 0.1) is 12.6 Å². The van der Waals surface area contributed by atoms with Gasteiger partial charge in [-0.1, -0.05) is 30.3 Å². The topological polar surface area (TPSA) is 87.3 Å². The van der Waals surface area contributed by atoms with E-state index in [1.165, 1.54) is 5.56 Å². The Bertz CT molecular complexity index is 740. The molecule has 166 valence electrons. The van der Waals surface area contributed by atoms with Crippen LogP contribution in [0, 0.1) is 0 Å². The lowest BCUT2D eigenvalue weighted by Crippen LogP contribution is -2.55. The molecule has 3 fully saturated rings. The maximum absolute atomic E-state index is 12.6. The Kier molecular flexibility index (Phi) is 6.05. The third-order valence-electron chi connectivity index (χ3n) is 5.55. The molecule has 1 aromatic rings. The molecule has 3 aliphatic heterocycles. The van der Waals surface area contributed by atoms with Crippen molar-refractivity contribution in [2.45, 2.75) is 82.8 Å². The molecule has 3 saturated heterocycles. The molecule has 0 unspecified atom stereocenters. The number of carbonyl (C=O) groups is 1. The van der Waals surface area contributed by atoms with Gasteiger partial charge in [-0.15, -0.1) is 0 Å². The zero-order valence-electron chi connectivity index (χ0n) is 18.1. The van der Waals surface area contributed by atoms with Crippen LogP contribution in [0.4, 0.5) is 4.79 Å². The lowest BCUT2D eigenvalue weighted by molar-refractivity contribution is -0.223. The zero-order chi connectivity index (χ0) is 21.4. The number of urea groups is 1. The van der Waals surface area contributed by atoms with E-state index in [1.807, 2.05) is 45.9 Å². The average molecular weight is 421 g/mol. The summed E-state index contributed by atoms with van der Waals surface area (Å²) in [4.78, 5) is 12.6. The maximum atomic E-state index is 12.6. The van der Waals surface area contributed by atoms with Crippen LogP contribution in [-0.4, -0.2) is 61.4 Å². The highest BCUT2D eigenvalue weighted by molar-refractivity contribution is 5.74. The van der Waals surface area contributed by atoms with Crippen molar-refractivity contribution >= 4 is 6.03 Å². The number of hydrogen-bond donors (Lipinski definition) is 2. The van der Waals surface area contributed by atoms with Crippen LogP contribution in [-0.2, 0) is 30.1 Å². The Labute approximate surface area is 177 Å². The van der Waals surface area contributed by atoms with Crippen LogP contribution in [0.1, 0.15) is 39.7 Å². The van der Waals surface area contributed by atoms with E-state index in [1.54, 1.807) is 0 Å². The third-order valence-corrected chi connectivity index (χ3v) is 5.55. The molecule has 3 aliphatic rings. The minimum absolute atomic E-state index is 0.256. The molecule has 30 heavy (non-hydrogen) atoms. The minimum Gasteiger partial charge on any atom is -0.348 e. The highest BCUT2D eigenvalue weighted by Gasteiger charge is 2.58. The second-order valence-electron chi connectivity index (χ2n) is 8.95. The largest absolute Gasteiger partial charge is 0.348 e. The highest BCUT2D eigenvalue weighted by atomic mass is 16.8. The molecule has 8 heteroatoms. The first-order chi connectivity index (χ1) is 14.2. The van der Waals surface area contributed by atoms with Crippen molar-refractivity contribution in [3.05, 3.63) is 35.9 Å². The predicted molar refractivity (Wildman–Crippen MR) is 109 cm³/mol. The molecule has 3 heterocycles. The van der Waals surface area contributed by atoms with Gasteiger partial charge in [-0.05, 0) is 46.1 Å². The first-order valence-corrected chi connectivity index (χ1v) is 10.6. The van der Waals surface area contributed by atoms with Gasteiger partial charge in [0.25, 0.3) is 0 Å². The predicted octanol–water partition coefficient (Wildman–Crippen LogP) is 2.31. The van der Waals surface area contributed by atoms with Crippen LogP contribution in [0.25, 0.3) is 0 Å². The van der Waals surface area contributed by atoms with Crippen molar-refractivity contribution in [3.63, 3.8) is 0 Å². The second-order valence-corrected chi connectivity index (χ2v) is 8.95. The van der Waals surface area contributed by atoms with Crippen molar-refractivity contribution in [2.75, 3.05) is 13.2 Å². The summed E-state index contributed by atoms with van der Waals surface area (Å²) < 4.78 is 29.7. The molecule has 8 nitrogen and oxygen atoms in total. The van der Waals surface area contributed by atoms with Gasteiger partial charge in [0, 0.05) is 6.54 Å². The lowest BCUT2D eigenvalue weighted by Gasteiger charge is -2.29. The van der Waals surface area contributed by atoms with Crippen LogP contribution in [0.5, 0.6) is 0 Å². The van der Waals surface area contributed by atoms with E-state index in [9.17, 15) is 4.79 Å². The number of nitrogens with one attached hydrogen (secondary N) is 2. The standard InChI is InChI=1S/C22H32N2O6/c1-21(2)26-13-15(28-21)17-16(18-19(27-17)30-22(3,4)29-18)24-20(25)23-12-8-11-14-9-6-5-7-10-14/h5-7,9-10,15-19H,8,11-13H2,1-4H3,(H2,23,24,25)/t15-,16+,17-,18-,19-/m1/s1. The summed E-state index contributed by atoms with van der Waals surface area (Å²) in [6.07, 6.45) is 0.0634. The molecule has 4 rings (SSSR count). The summed E-state index contributed by atoms with van der Waals surface area (Å²) in [6, 6.07) is 9.55. The van der Waals surface area contributed by atoms with E-state index in [4.69, 9.17) is 23.7 Å². The molecule has 2 N–H and O–H groups in total. The molecule has 0 saturated carbocycles. The Balaban J connectivity index is 1.33. The van der Waals surface area contributed by atoms with Gasteiger partial charge in [0.2, 0.25) is 0 Å². The van der Waals surface area contributed by atoms with E-state index < -0.39 is 36.1 Å². The van der Waals surface area contributed by atoms with Crippen molar-refractivity contribution < 1.29 is 28.5 Å². The number of benzene rings is 1. The molecular weight excluding hydrogens is 388 g/mol. The quantitative estimate of drug-likeness (QED) is 0.687. The Morgan fingerprint density at radius 2 is 1.80 bits per heavy atom. The van der Waals surface area contributed by atoms with Crippen LogP contribution in [0.2, 0.25) is 0 Å². The molecular formula is C22H32N2O6. The molecule has 2 amide bonds. The minimum atomic E-state index is -0.765. The molecule has 0 bridgehead atoms. The molecule has 5 atom stereocenters. The maximum Gasteiger partial charge on any atom is 0.315 e. The molecule has 0 aliphatic carbocycles. The van der Waals surface area contributed by atoms with E-state index in [-0.39, 0.29) is 12.1 Å².